The summed E-state index contributed by atoms with van der Waals surface area (Å²) in [5.74, 6) is -0.330. The third-order valence-corrected chi connectivity index (χ3v) is 3.60. The molecule has 0 radical (unpaired) electrons. The lowest BCUT2D eigenvalue weighted by molar-refractivity contribution is -0.825. The molecule has 1 unspecified atom stereocenters. The summed E-state index contributed by atoms with van der Waals surface area (Å²) in [6, 6.07) is 0. The number of hydroxylamine groups is 3. The van der Waals surface area contributed by atoms with E-state index in [0.717, 1.165) is 0 Å². The summed E-state index contributed by atoms with van der Waals surface area (Å²) >= 11 is 4.51. The van der Waals surface area contributed by atoms with Crippen LogP contribution in [0.2, 0.25) is 0 Å². The molecular weight excluding hydrogens is 306 g/mol. The second kappa shape index (κ2) is 5.09. The molecular formula is C10H10BrN3O2S. The number of amides is 1. The number of nitrogens with one attached hydrogen (secondary N) is 1. The van der Waals surface area contributed by atoms with E-state index >= 15 is 0 Å². The van der Waals surface area contributed by atoms with E-state index in [9.17, 15) is 10.0 Å². The Morgan fingerprint density at radius 2 is 2.47 bits per heavy atom. The maximum Gasteiger partial charge on any atom is 0.275 e. The summed E-state index contributed by atoms with van der Waals surface area (Å²) in [6.07, 6.45) is 6.78. The zero-order valence-electron chi connectivity index (χ0n) is 8.80. The van der Waals surface area contributed by atoms with E-state index in [1.165, 1.54) is 17.5 Å². The van der Waals surface area contributed by atoms with Gasteiger partial charge in [-0.05, 0) is 28.1 Å². The quantitative estimate of drug-likeness (QED) is 0.685. The molecule has 2 rings (SSSR count). The second-order valence-corrected chi connectivity index (χ2v) is 5.69. The molecule has 1 aromatic rings. The maximum absolute atomic E-state index is 12.0. The number of hydrogen-bond donors (Lipinski definition) is 1. The number of thiazole rings is 1. The highest BCUT2D eigenvalue weighted by Gasteiger charge is 2.17. The molecule has 90 valence electrons. The Hall–Kier alpha value is -1.02. The molecule has 1 aromatic heterocycles. The molecule has 0 aromatic carbocycles. The Kier molecular flexibility index (Phi) is 3.72. The Labute approximate surface area is 111 Å². The van der Waals surface area contributed by atoms with Gasteiger partial charge in [-0.25, -0.2) is 4.98 Å². The van der Waals surface area contributed by atoms with Gasteiger partial charge in [0.2, 0.25) is 0 Å². The number of carbonyl (C=O) groups is 1. The minimum absolute atomic E-state index is 0.00875. The van der Waals surface area contributed by atoms with Crippen molar-refractivity contribution in [2.75, 3.05) is 13.2 Å². The first kappa shape index (κ1) is 12.4. The fourth-order valence-corrected chi connectivity index (χ4v) is 2.35. The summed E-state index contributed by atoms with van der Waals surface area (Å²) in [7, 11) is 0. The van der Waals surface area contributed by atoms with E-state index in [1.54, 1.807) is 17.5 Å². The monoisotopic (exact) mass is 315 g/mol. The van der Waals surface area contributed by atoms with Crippen LogP contribution in [-0.4, -0.2) is 28.8 Å². The van der Waals surface area contributed by atoms with Crippen molar-refractivity contribution in [1.29, 1.82) is 0 Å². The average molecular weight is 316 g/mol. The number of aromatic nitrogens is 1. The van der Waals surface area contributed by atoms with Gasteiger partial charge in [0.15, 0.2) is 10.6 Å². The second-order valence-electron chi connectivity index (χ2n) is 3.55. The fraction of sp³-hybridized carbons (Fsp3) is 0.200. The average Bonchev–Trinajstić information content (AvgIpc) is 2.74. The van der Waals surface area contributed by atoms with Gasteiger partial charge in [-0.15, -0.1) is 11.3 Å². The van der Waals surface area contributed by atoms with E-state index in [0.29, 0.717) is 16.2 Å². The van der Waals surface area contributed by atoms with Crippen LogP contribution >= 0.6 is 27.3 Å². The molecule has 1 aliphatic heterocycles. The van der Waals surface area contributed by atoms with Gasteiger partial charge in [0.1, 0.15) is 12.2 Å². The van der Waals surface area contributed by atoms with Crippen molar-refractivity contribution in [1.82, 2.24) is 10.3 Å². The number of quaternary nitrogens is 1. The highest BCUT2D eigenvalue weighted by atomic mass is 79.9. The molecule has 0 saturated heterocycles. The van der Waals surface area contributed by atoms with Crippen LogP contribution < -0.4 is 5.32 Å². The normalized spacial score (nSPS) is 22.7. The molecule has 0 spiro atoms. The largest absolute Gasteiger partial charge is 0.626 e. The predicted molar refractivity (Wildman–Crippen MR) is 68.9 cm³/mol. The minimum Gasteiger partial charge on any atom is -0.626 e. The molecule has 1 atom stereocenters. The fourth-order valence-electron chi connectivity index (χ4n) is 1.35. The Morgan fingerprint density at radius 3 is 3.06 bits per heavy atom. The van der Waals surface area contributed by atoms with Gasteiger partial charge in [-0.1, -0.05) is 6.08 Å². The van der Waals surface area contributed by atoms with E-state index in [-0.39, 0.29) is 12.6 Å². The number of hydrogen-bond acceptors (Lipinski definition) is 4. The summed E-state index contributed by atoms with van der Waals surface area (Å²) in [4.78, 5) is 15.6. The van der Waals surface area contributed by atoms with E-state index in [4.69, 9.17) is 0 Å². The van der Waals surface area contributed by atoms with Crippen LogP contribution in [0, 0.1) is 5.21 Å². The lowest BCUT2D eigenvalue weighted by atomic mass is 10.3. The van der Waals surface area contributed by atoms with Crippen molar-refractivity contribution in [3.63, 3.8) is 0 Å². The predicted octanol–water partition coefficient (Wildman–Crippen LogP) is 1.99. The van der Waals surface area contributed by atoms with Crippen molar-refractivity contribution >= 4 is 33.2 Å². The Balaban J connectivity index is 1.92. The molecule has 0 fully saturated rings. The third-order valence-electron chi connectivity index (χ3n) is 2.24. The molecule has 0 bridgehead atoms. The summed E-state index contributed by atoms with van der Waals surface area (Å²) in [6.45, 7) is 0.340. The zero-order chi connectivity index (χ0) is 12.3. The summed E-state index contributed by atoms with van der Waals surface area (Å²) in [5.41, 5.74) is 0.324. The van der Waals surface area contributed by atoms with E-state index < -0.39 is 4.65 Å². The van der Waals surface area contributed by atoms with Crippen molar-refractivity contribution in [2.24, 2.45) is 0 Å². The lowest BCUT2D eigenvalue weighted by Crippen LogP contribution is -2.46. The minimum atomic E-state index is -0.576. The Morgan fingerprint density at radius 1 is 1.65 bits per heavy atom. The van der Waals surface area contributed by atoms with Crippen molar-refractivity contribution in [2.45, 2.75) is 0 Å². The Bertz CT molecular complexity index is 486. The first-order chi connectivity index (χ1) is 8.09. The molecule has 0 aliphatic carbocycles. The highest BCUT2D eigenvalue weighted by Crippen LogP contribution is 2.16. The molecule has 1 amide bonds. The van der Waals surface area contributed by atoms with Gasteiger partial charge in [-0.3, -0.25) is 4.79 Å². The van der Waals surface area contributed by atoms with Crippen LogP contribution in [0.4, 0.5) is 0 Å². The highest BCUT2D eigenvalue weighted by molar-refractivity contribution is 9.11. The van der Waals surface area contributed by atoms with Crippen LogP contribution in [0.3, 0.4) is 0 Å². The van der Waals surface area contributed by atoms with Gasteiger partial charge >= 0.3 is 0 Å². The summed E-state index contributed by atoms with van der Waals surface area (Å²) in [5, 5.41) is 16.2. The topological polar surface area (TPSA) is 65.0 Å². The van der Waals surface area contributed by atoms with Gasteiger partial charge < -0.3 is 15.2 Å². The van der Waals surface area contributed by atoms with E-state index in [1.807, 2.05) is 6.08 Å². The smallest absolute Gasteiger partial charge is 0.275 e. The van der Waals surface area contributed by atoms with Crippen LogP contribution in [0.5, 0.6) is 0 Å². The molecule has 5 nitrogen and oxygen atoms in total. The number of carbonyl (C=O) groups excluding carboxylic acids is 1. The van der Waals surface area contributed by atoms with Gasteiger partial charge in [0, 0.05) is 5.38 Å². The summed E-state index contributed by atoms with van der Waals surface area (Å²) < 4.78 is 0.0718. The van der Waals surface area contributed by atoms with Crippen molar-refractivity contribution < 1.29 is 9.44 Å². The van der Waals surface area contributed by atoms with Crippen molar-refractivity contribution in [3.8, 4) is 0 Å². The van der Waals surface area contributed by atoms with Crippen molar-refractivity contribution in [3.05, 3.63) is 44.6 Å². The lowest BCUT2D eigenvalue weighted by Gasteiger charge is -2.38. The van der Waals surface area contributed by atoms with Crippen LogP contribution in [-0.2, 0) is 0 Å². The molecule has 17 heavy (non-hydrogen) atoms. The first-order valence-electron chi connectivity index (χ1n) is 4.90. The SMILES string of the molecule is O=C(NC[N+]1([O-])C=CC=CC1)c1csc(Br)n1. The number of nitrogens with zero attached hydrogens (tertiary/aromatic N) is 2. The van der Waals surface area contributed by atoms with Crippen LogP contribution in [0.15, 0.2) is 33.7 Å². The van der Waals surface area contributed by atoms with Crippen LogP contribution in [0.25, 0.3) is 0 Å². The molecule has 2 heterocycles. The van der Waals surface area contributed by atoms with Gasteiger partial charge in [0.25, 0.3) is 5.91 Å². The molecule has 7 heteroatoms. The number of rotatable bonds is 3. The van der Waals surface area contributed by atoms with Gasteiger partial charge in [-0.2, -0.15) is 0 Å². The zero-order valence-corrected chi connectivity index (χ0v) is 11.2. The number of allylic oxidation sites excluding steroid dienone is 2. The molecule has 1 aliphatic rings. The van der Waals surface area contributed by atoms with Gasteiger partial charge in [0.05, 0.1) is 6.20 Å². The standard InChI is InChI=1S/C10H10BrN3O2S/c11-10-13-8(6-17-10)9(15)12-7-14(16)4-2-1-3-5-14/h1-4,6H,5,7H2,(H,12,15). The third kappa shape index (κ3) is 3.22. The van der Waals surface area contributed by atoms with Crippen LogP contribution in [0.1, 0.15) is 10.5 Å². The first-order valence-corrected chi connectivity index (χ1v) is 6.58. The molecule has 0 saturated carbocycles. The molecule has 1 N–H and O–H groups in total. The van der Waals surface area contributed by atoms with E-state index in [2.05, 4.69) is 26.2 Å². The number of halogens is 1. The maximum atomic E-state index is 12.0.